The summed E-state index contributed by atoms with van der Waals surface area (Å²) in [5.74, 6) is -0.925. The first-order valence-electron chi connectivity index (χ1n) is 8.33. The Kier molecular flexibility index (Phi) is 2.31. The number of imide groups is 1. The quantitative estimate of drug-likeness (QED) is 0.327. The monoisotopic (exact) mass is 354 g/mol. The van der Waals surface area contributed by atoms with Gasteiger partial charge in [0, 0.05) is 38.4 Å². The van der Waals surface area contributed by atoms with Gasteiger partial charge in [-0.15, -0.1) is 0 Å². The molecule has 2 amide bonds. The molecule has 0 aliphatic carbocycles. The number of carbonyl (C=O) groups is 2. The molecule has 1 aliphatic heterocycles. The molecule has 2 aromatic heterocycles. The number of fused-ring (bicyclic) bond motifs is 4. The minimum absolute atomic E-state index is 0.244. The first-order valence-corrected chi connectivity index (χ1v) is 8.33. The maximum Gasteiger partial charge on any atom is 0.264 e. The number of nitrogens with two attached hydrogens (primary N) is 1. The Hall–Kier alpha value is -4.00. The summed E-state index contributed by atoms with van der Waals surface area (Å²) in [6.45, 7) is 0. The molecule has 0 saturated heterocycles. The fraction of sp³-hybridized carbons (Fsp3) is 0. The molecule has 0 fully saturated rings. The van der Waals surface area contributed by atoms with Crippen molar-refractivity contribution in [3.8, 4) is 0 Å². The number of imidazole rings is 1. The Balaban J connectivity index is 1.97. The van der Waals surface area contributed by atoms with Crippen molar-refractivity contribution >= 4 is 55.7 Å². The smallest absolute Gasteiger partial charge is 0.264 e. The fourth-order valence-electron chi connectivity index (χ4n) is 4.08. The van der Waals surface area contributed by atoms with Gasteiger partial charge in [-0.25, -0.2) is 4.98 Å². The standard InChI is InChI=1S/C20H10N4O3/c21-8-1-6-14-13(7-8)22-17-9-2-3-10-16-11(19(26)23-18(10)25)4-5-12(15(9)16)20(27)24(14)17/h1-7H,21H2,(H,23,25,26). The Morgan fingerprint density at radius 1 is 0.852 bits per heavy atom. The Morgan fingerprint density at radius 2 is 1.56 bits per heavy atom. The van der Waals surface area contributed by atoms with E-state index in [1.807, 2.05) is 0 Å². The summed E-state index contributed by atoms with van der Waals surface area (Å²) < 4.78 is 1.55. The van der Waals surface area contributed by atoms with E-state index in [-0.39, 0.29) is 5.56 Å². The average Bonchev–Trinajstić information content (AvgIpc) is 3.03. The predicted octanol–water partition coefficient (Wildman–Crippen LogP) is 2.06. The first-order chi connectivity index (χ1) is 13.0. The lowest BCUT2D eigenvalue weighted by molar-refractivity contribution is 0.0845. The second-order valence-corrected chi connectivity index (χ2v) is 6.68. The van der Waals surface area contributed by atoms with Crippen molar-refractivity contribution in [2.45, 2.75) is 0 Å². The summed E-state index contributed by atoms with van der Waals surface area (Å²) in [7, 11) is 0. The third-order valence-corrected chi connectivity index (χ3v) is 5.23. The van der Waals surface area contributed by atoms with E-state index in [0.717, 1.165) is 0 Å². The zero-order valence-electron chi connectivity index (χ0n) is 13.7. The van der Waals surface area contributed by atoms with Gasteiger partial charge in [-0.05, 0) is 42.5 Å². The van der Waals surface area contributed by atoms with Crippen LogP contribution in [0.4, 0.5) is 5.69 Å². The number of hydrogen-bond donors (Lipinski definition) is 2. The Labute approximate surface area is 150 Å². The topological polar surface area (TPSA) is 107 Å². The Morgan fingerprint density at radius 3 is 2.30 bits per heavy atom. The van der Waals surface area contributed by atoms with Crippen molar-refractivity contribution in [1.82, 2.24) is 14.7 Å². The van der Waals surface area contributed by atoms with Gasteiger partial charge in [0.2, 0.25) is 0 Å². The summed E-state index contributed by atoms with van der Waals surface area (Å²) in [5.41, 5.74) is 8.69. The summed E-state index contributed by atoms with van der Waals surface area (Å²) in [4.78, 5) is 42.4. The van der Waals surface area contributed by atoms with Gasteiger partial charge < -0.3 is 5.73 Å². The number of benzene rings is 3. The molecule has 128 valence electrons. The zero-order chi connectivity index (χ0) is 18.4. The maximum atomic E-state index is 13.3. The number of rotatable bonds is 0. The highest BCUT2D eigenvalue weighted by Crippen LogP contribution is 2.35. The van der Waals surface area contributed by atoms with Crippen LogP contribution < -0.4 is 16.6 Å². The lowest BCUT2D eigenvalue weighted by Crippen LogP contribution is -2.34. The van der Waals surface area contributed by atoms with Crippen LogP contribution in [0.2, 0.25) is 0 Å². The molecule has 0 bridgehead atoms. The van der Waals surface area contributed by atoms with E-state index in [2.05, 4.69) is 10.3 Å². The highest BCUT2D eigenvalue weighted by molar-refractivity contribution is 6.31. The largest absolute Gasteiger partial charge is 0.399 e. The van der Waals surface area contributed by atoms with E-state index in [9.17, 15) is 14.4 Å². The van der Waals surface area contributed by atoms with Gasteiger partial charge in [0.25, 0.3) is 17.4 Å². The molecule has 3 N–H and O–H groups in total. The minimum atomic E-state index is -0.463. The number of amides is 2. The minimum Gasteiger partial charge on any atom is -0.399 e. The van der Waals surface area contributed by atoms with Crippen molar-refractivity contribution < 1.29 is 9.59 Å². The molecule has 3 aromatic carbocycles. The van der Waals surface area contributed by atoms with Crippen LogP contribution in [-0.2, 0) is 0 Å². The number of nitrogen functional groups attached to an aromatic ring is 1. The van der Waals surface area contributed by atoms with E-state index in [1.165, 1.54) is 0 Å². The van der Waals surface area contributed by atoms with E-state index >= 15 is 0 Å². The van der Waals surface area contributed by atoms with Crippen molar-refractivity contribution in [3.63, 3.8) is 0 Å². The van der Waals surface area contributed by atoms with E-state index in [1.54, 1.807) is 46.9 Å². The number of pyridine rings is 1. The second kappa shape index (κ2) is 4.39. The van der Waals surface area contributed by atoms with Crippen LogP contribution in [0.1, 0.15) is 20.7 Å². The molecule has 0 atom stereocenters. The third-order valence-electron chi connectivity index (χ3n) is 5.23. The fourth-order valence-corrected chi connectivity index (χ4v) is 4.08. The number of nitrogens with zero attached hydrogens (tertiary/aromatic N) is 2. The molecular weight excluding hydrogens is 344 g/mol. The normalized spacial score (nSPS) is 13.9. The van der Waals surface area contributed by atoms with E-state index in [0.29, 0.717) is 55.0 Å². The second-order valence-electron chi connectivity index (χ2n) is 6.68. The number of nitrogens with one attached hydrogen (secondary N) is 1. The van der Waals surface area contributed by atoms with Crippen LogP contribution in [0.25, 0.3) is 38.2 Å². The van der Waals surface area contributed by atoms with Crippen molar-refractivity contribution in [2.75, 3.05) is 5.73 Å². The summed E-state index contributed by atoms with van der Waals surface area (Å²) in [6.07, 6.45) is 0. The van der Waals surface area contributed by atoms with Gasteiger partial charge in [0.05, 0.1) is 11.0 Å². The highest BCUT2D eigenvalue weighted by Gasteiger charge is 2.28. The van der Waals surface area contributed by atoms with Gasteiger partial charge in [-0.1, -0.05) is 0 Å². The summed E-state index contributed by atoms with van der Waals surface area (Å²) >= 11 is 0. The molecule has 0 unspecified atom stereocenters. The van der Waals surface area contributed by atoms with Crippen LogP contribution >= 0.6 is 0 Å². The van der Waals surface area contributed by atoms with Crippen LogP contribution in [0.5, 0.6) is 0 Å². The lowest BCUT2D eigenvalue weighted by Gasteiger charge is -2.18. The van der Waals surface area contributed by atoms with Gasteiger partial charge in [-0.3, -0.25) is 24.1 Å². The predicted molar refractivity (Wildman–Crippen MR) is 101 cm³/mol. The number of anilines is 1. The van der Waals surface area contributed by atoms with Gasteiger partial charge in [0.15, 0.2) is 0 Å². The first kappa shape index (κ1) is 14.2. The molecule has 27 heavy (non-hydrogen) atoms. The zero-order valence-corrected chi connectivity index (χ0v) is 13.7. The molecule has 5 aromatic rings. The molecular formula is C20H10N4O3. The molecule has 6 rings (SSSR count). The molecule has 0 saturated carbocycles. The lowest BCUT2D eigenvalue weighted by atomic mass is 9.91. The highest BCUT2D eigenvalue weighted by atomic mass is 16.2. The molecule has 1 aliphatic rings. The number of hydrogen-bond acceptors (Lipinski definition) is 5. The summed E-state index contributed by atoms with van der Waals surface area (Å²) in [6, 6.07) is 11.9. The summed E-state index contributed by atoms with van der Waals surface area (Å²) in [5, 5.41) is 4.58. The third kappa shape index (κ3) is 1.56. The van der Waals surface area contributed by atoms with Crippen LogP contribution in [0, 0.1) is 0 Å². The van der Waals surface area contributed by atoms with Crippen molar-refractivity contribution in [1.29, 1.82) is 0 Å². The average molecular weight is 354 g/mol. The molecule has 0 spiro atoms. The molecule has 0 radical (unpaired) electrons. The molecule has 3 heterocycles. The van der Waals surface area contributed by atoms with E-state index in [4.69, 9.17) is 5.73 Å². The SMILES string of the molecule is Nc1ccc2c(c1)nc1c3ccc4c5c(ccc(c(=O)n21)c53)C(=O)NC4=O. The van der Waals surface area contributed by atoms with Crippen LogP contribution in [-0.4, -0.2) is 21.2 Å². The Bertz CT molecular complexity index is 1550. The number of carbonyl (C=O) groups excluding carboxylic acids is 2. The van der Waals surface area contributed by atoms with Crippen molar-refractivity contribution in [3.05, 3.63) is 63.9 Å². The van der Waals surface area contributed by atoms with Gasteiger partial charge in [-0.2, -0.15) is 0 Å². The number of aromatic nitrogens is 2. The van der Waals surface area contributed by atoms with Gasteiger partial charge in [0.1, 0.15) is 5.65 Å². The molecule has 7 heteroatoms. The van der Waals surface area contributed by atoms with Crippen LogP contribution in [0.3, 0.4) is 0 Å². The van der Waals surface area contributed by atoms with Crippen LogP contribution in [0.15, 0.2) is 47.3 Å². The maximum absolute atomic E-state index is 13.3. The van der Waals surface area contributed by atoms with Gasteiger partial charge >= 0.3 is 0 Å². The van der Waals surface area contributed by atoms with Crippen molar-refractivity contribution in [2.24, 2.45) is 0 Å². The van der Waals surface area contributed by atoms with E-state index < -0.39 is 11.8 Å². The molecule has 7 nitrogen and oxygen atoms in total.